The molecule has 0 fully saturated rings. The van der Waals surface area contributed by atoms with Gasteiger partial charge >= 0.3 is 0 Å². The fourth-order valence-corrected chi connectivity index (χ4v) is 3.27. The maximum Gasteiger partial charge on any atom is 0.243 e. The van der Waals surface area contributed by atoms with E-state index >= 15 is 0 Å². The van der Waals surface area contributed by atoms with Crippen LogP contribution in [0.15, 0.2) is 23.1 Å². The molecule has 0 aromatic heterocycles. The molecule has 1 aromatic carbocycles. The number of carbonyl (C=O) groups excluding carboxylic acids is 1. The summed E-state index contributed by atoms with van der Waals surface area (Å²) in [4.78, 5) is 10.9. The lowest BCUT2D eigenvalue weighted by atomic mass is 10.1. The number of nitrogens with two attached hydrogens (primary N) is 1. The van der Waals surface area contributed by atoms with Crippen molar-refractivity contribution in [3.63, 3.8) is 0 Å². The Bertz CT molecular complexity index is 585. The van der Waals surface area contributed by atoms with Gasteiger partial charge in [0.15, 0.2) is 0 Å². The number of rotatable bonds is 4. The molecule has 1 aromatic rings. The number of sulfonamides is 1. The molecular weight excluding hydrogens is 299 g/mol. The number of carbonyl (C=O) groups is 1. The van der Waals surface area contributed by atoms with Crippen molar-refractivity contribution in [2.24, 2.45) is 5.73 Å². The summed E-state index contributed by atoms with van der Waals surface area (Å²) in [7, 11) is -3.98. The first kappa shape index (κ1) is 15.2. The zero-order valence-electron chi connectivity index (χ0n) is 9.70. The van der Waals surface area contributed by atoms with E-state index in [0.717, 1.165) is 0 Å². The molecule has 0 radical (unpaired) electrons. The fraction of sp³-hybridized carbons (Fsp3) is 0.300. The van der Waals surface area contributed by atoms with E-state index in [9.17, 15) is 13.2 Å². The number of nitrogens with one attached hydrogen (secondary N) is 1. The van der Waals surface area contributed by atoms with Crippen LogP contribution in [-0.4, -0.2) is 19.9 Å². The topological polar surface area (TPSA) is 89.3 Å². The highest BCUT2D eigenvalue weighted by Gasteiger charge is 2.32. The minimum atomic E-state index is -3.98. The van der Waals surface area contributed by atoms with Crippen molar-refractivity contribution >= 4 is 39.1 Å². The van der Waals surface area contributed by atoms with E-state index in [1.54, 1.807) is 0 Å². The Morgan fingerprint density at radius 1 is 1.33 bits per heavy atom. The summed E-state index contributed by atoms with van der Waals surface area (Å²) in [6, 6.07) is 4.02. The summed E-state index contributed by atoms with van der Waals surface area (Å²) in [6.07, 6.45) is 0. The summed E-state index contributed by atoms with van der Waals surface area (Å²) in [5.41, 5.74) is 3.67. The molecule has 0 spiro atoms. The molecule has 5 nitrogen and oxygen atoms in total. The fourth-order valence-electron chi connectivity index (χ4n) is 1.12. The summed E-state index contributed by atoms with van der Waals surface area (Å²) >= 11 is 11.5. The number of hydrogen-bond acceptors (Lipinski definition) is 3. The SMILES string of the molecule is CC(C)(NS(=O)(=O)c1cc(Cl)ccc1Cl)C(N)=O. The van der Waals surface area contributed by atoms with Crippen molar-refractivity contribution in [1.82, 2.24) is 4.72 Å². The van der Waals surface area contributed by atoms with Gasteiger partial charge in [0.1, 0.15) is 10.4 Å². The van der Waals surface area contributed by atoms with Crippen LogP contribution in [0.5, 0.6) is 0 Å². The van der Waals surface area contributed by atoms with Crippen molar-refractivity contribution in [3.05, 3.63) is 28.2 Å². The zero-order chi connectivity index (χ0) is 14.1. The van der Waals surface area contributed by atoms with E-state index in [1.807, 2.05) is 0 Å². The van der Waals surface area contributed by atoms with Gasteiger partial charge in [0.25, 0.3) is 0 Å². The second-order valence-corrected chi connectivity index (χ2v) is 6.66. The summed E-state index contributed by atoms with van der Waals surface area (Å²) in [6.45, 7) is 2.71. The number of halogens is 2. The van der Waals surface area contributed by atoms with Crippen LogP contribution < -0.4 is 10.5 Å². The van der Waals surface area contributed by atoms with Gasteiger partial charge in [-0.2, -0.15) is 4.72 Å². The van der Waals surface area contributed by atoms with Gasteiger partial charge in [-0.25, -0.2) is 8.42 Å². The van der Waals surface area contributed by atoms with Gasteiger partial charge in [0, 0.05) is 5.02 Å². The van der Waals surface area contributed by atoms with E-state index < -0.39 is 21.5 Å². The molecule has 0 unspecified atom stereocenters. The third-order valence-electron chi connectivity index (χ3n) is 2.19. The first-order valence-corrected chi connectivity index (χ1v) is 7.09. The van der Waals surface area contributed by atoms with Crippen LogP contribution in [0.4, 0.5) is 0 Å². The Labute approximate surface area is 115 Å². The Morgan fingerprint density at radius 3 is 2.39 bits per heavy atom. The highest BCUT2D eigenvalue weighted by Crippen LogP contribution is 2.25. The number of primary amides is 1. The van der Waals surface area contributed by atoms with Crippen molar-refractivity contribution in [2.45, 2.75) is 24.3 Å². The van der Waals surface area contributed by atoms with Gasteiger partial charge in [-0.1, -0.05) is 23.2 Å². The lowest BCUT2D eigenvalue weighted by Crippen LogP contribution is -2.52. The lowest BCUT2D eigenvalue weighted by Gasteiger charge is -2.22. The number of amides is 1. The van der Waals surface area contributed by atoms with E-state index in [4.69, 9.17) is 28.9 Å². The minimum absolute atomic E-state index is 0.00664. The van der Waals surface area contributed by atoms with E-state index in [2.05, 4.69) is 4.72 Å². The van der Waals surface area contributed by atoms with Crippen molar-refractivity contribution < 1.29 is 13.2 Å². The number of benzene rings is 1. The van der Waals surface area contributed by atoms with Gasteiger partial charge in [0.05, 0.1) is 5.02 Å². The second-order valence-electron chi connectivity index (χ2n) is 4.17. The highest BCUT2D eigenvalue weighted by molar-refractivity contribution is 7.89. The molecular formula is C10H12Cl2N2O3S. The molecule has 8 heteroatoms. The molecule has 0 aliphatic rings. The maximum absolute atomic E-state index is 12.1. The minimum Gasteiger partial charge on any atom is -0.368 e. The Balaban J connectivity index is 3.23. The number of hydrogen-bond donors (Lipinski definition) is 2. The molecule has 0 heterocycles. The lowest BCUT2D eigenvalue weighted by molar-refractivity contribution is -0.122. The largest absolute Gasteiger partial charge is 0.368 e. The second kappa shape index (κ2) is 5.05. The van der Waals surface area contributed by atoms with Crippen LogP contribution in [-0.2, 0) is 14.8 Å². The summed E-state index contributed by atoms with van der Waals surface area (Å²) < 4.78 is 26.3. The third-order valence-corrected chi connectivity index (χ3v) is 4.56. The highest BCUT2D eigenvalue weighted by atomic mass is 35.5. The molecule has 0 saturated carbocycles. The van der Waals surface area contributed by atoms with Crippen LogP contribution in [0.2, 0.25) is 10.0 Å². The molecule has 1 amide bonds. The monoisotopic (exact) mass is 310 g/mol. The molecule has 0 aliphatic heterocycles. The van der Waals surface area contributed by atoms with Crippen LogP contribution in [0.1, 0.15) is 13.8 Å². The Morgan fingerprint density at radius 2 is 1.89 bits per heavy atom. The molecule has 0 aliphatic carbocycles. The van der Waals surface area contributed by atoms with E-state index in [1.165, 1.54) is 32.0 Å². The van der Waals surface area contributed by atoms with E-state index in [0.29, 0.717) is 0 Å². The van der Waals surface area contributed by atoms with Crippen LogP contribution in [0.25, 0.3) is 0 Å². The smallest absolute Gasteiger partial charge is 0.243 e. The Hall–Kier alpha value is -0.820. The predicted octanol–water partition coefficient (Wildman–Crippen LogP) is 1.54. The van der Waals surface area contributed by atoms with Crippen LogP contribution >= 0.6 is 23.2 Å². The van der Waals surface area contributed by atoms with Crippen LogP contribution in [0.3, 0.4) is 0 Å². The van der Waals surface area contributed by atoms with Gasteiger partial charge in [0.2, 0.25) is 15.9 Å². The molecule has 18 heavy (non-hydrogen) atoms. The van der Waals surface area contributed by atoms with Crippen LogP contribution in [0, 0.1) is 0 Å². The van der Waals surface area contributed by atoms with Crippen molar-refractivity contribution in [3.8, 4) is 0 Å². The Kier molecular flexibility index (Phi) is 4.27. The normalized spacial score (nSPS) is 12.4. The summed E-state index contributed by atoms with van der Waals surface area (Å²) in [5.74, 6) is -0.802. The average Bonchev–Trinajstić information content (AvgIpc) is 2.19. The molecule has 100 valence electrons. The van der Waals surface area contributed by atoms with Gasteiger partial charge in [-0.15, -0.1) is 0 Å². The third kappa shape index (κ3) is 3.35. The van der Waals surface area contributed by atoms with Gasteiger partial charge in [-0.05, 0) is 32.0 Å². The first-order chi connectivity index (χ1) is 8.06. The summed E-state index contributed by atoms with van der Waals surface area (Å²) in [5, 5.41) is 0.226. The average molecular weight is 311 g/mol. The van der Waals surface area contributed by atoms with Crippen molar-refractivity contribution in [1.29, 1.82) is 0 Å². The van der Waals surface area contributed by atoms with Crippen molar-refractivity contribution in [2.75, 3.05) is 0 Å². The molecule has 0 atom stereocenters. The first-order valence-electron chi connectivity index (χ1n) is 4.85. The molecule has 0 bridgehead atoms. The predicted molar refractivity (Wildman–Crippen MR) is 70.1 cm³/mol. The standard InChI is InChI=1S/C10H12Cl2N2O3S/c1-10(2,9(13)15)14-18(16,17)8-5-6(11)3-4-7(8)12/h3-5,14H,1-2H3,(H2,13,15). The maximum atomic E-state index is 12.1. The van der Waals surface area contributed by atoms with E-state index in [-0.39, 0.29) is 14.9 Å². The van der Waals surface area contributed by atoms with Gasteiger partial charge < -0.3 is 5.73 Å². The quantitative estimate of drug-likeness (QED) is 0.884. The molecule has 0 saturated heterocycles. The van der Waals surface area contributed by atoms with Gasteiger partial charge in [-0.3, -0.25) is 4.79 Å². The molecule has 1 rings (SSSR count). The zero-order valence-corrected chi connectivity index (χ0v) is 12.0. The molecule has 3 N–H and O–H groups in total.